The van der Waals surface area contributed by atoms with Gasteiger partial charge in [-0.1, -0.05) is 302 Å². The van der Waals surface area contributed by atoms with Crippen molar-refractivity contribution in [3.05, 3.63) is 24.3 Å². The summed E-state index contributed by atoms with van der Waals surface area (Å²) in [7, 11) is 0. The number of carbonyl (C=O) groups is 3. The fraction of sp³-hybridized carbons (Fsp3) is 0.896. The Kier molecular flexibility index (Phi) is 60.6. The van der Waals surface area contributed by atoms with Gasteiger partial charge in [-0.25, -0.2) is 0 Å². The number of rotatable bonds is 61. The van der Waals surface area contributed by atoms with Crippen LogP contribution in [0.2, 0.25) is 0 Å². The zero-order valence-corrected chi connectivity index (χ0v) is 49.4. The number of hydrogen-bond acceptors (Lipinski definition) is 6. The molecular formula is C67H126O6. The lowest BCUT2D eigenvalue weighted by Gasteiger charge is -2.18. The molecule has 0 amide bonds. The summed E-state index contributed by atoms with van der Waals surface area (Å²) in [5.74, 6) is -0.863. The largest absolute Gasteiger partial charge is 0.462 e. The fourth-order valence-electron chi connectivity index (χ4n) is 9.97. The van der Waals surface area contributed by atoms with E-state index < -0.39 is 6.10 Å². The third-order valence-electron chi connectivity index (χ3n) is 14.9. The maximum Gasteiger partial charge on any atom is 0.306 e. The molecule has 0 spiro atoms. The molecule has 0 saturated carbocycles. The summed E-state index contributed by atoms with van der Waals surface area (Å²) < 4.78 is 16.8. The number of allylic oxidation sites excluding steroid dienone is 4. The summed E-state index contributed by atoms with van der Waals surface area (Å²) in [6.07, 6.45) is 75.3. The number of unbranched alkanes of at least 4 members (excludes halogenated alkanes) is 46. The third kappa shape index (κ3) is 60.6. The standard InChI is InChI=1S/C67H126O6/c1-4-7-10-13-16-18-20-22-24-25-26-27-28-29-30-31-32-33-34-35-36-37-38-39-40-41-43-44-46-48-51-54-57-60-66(69)72-63-64(62-71-65(68)59-56-53-50-15-12-9-6-3)73-67(70)61-58-55-52-49-47-45-42-23-21-19-17-14-11-8-5-2/h23,25-26,42,64H,4-22,24,27-41,43-63H2,1-3H3/b26-25-,42-23-. The van der Waals surface area contributed by atoms with Crippen molar-refractivity contribution in [1.29, 1.82) is 0 Å². The highest BCUT2D eigenvalue weighted by molar-refractivity contribution is 5.71. The van der Waals surface area contributed by atoms with Crippen LogP contribution in [0.1, 0.15) is 367 Å². The van der Waals surface area contributed by atoms with Crippen molar-refractivity contribution in [3.8, 4) is 0 Å². The van der Waals surface area contributed by atoms with Gasteiger partial charge in [0.15, 0.2) is 6.10 Å². The van der Waals surface area contributed by atoms with Crippen LogP contribution in [0.5, 0.6) is 0 Å². The quantitative estimate of drug-likeness (QED) is 0.0261. The molecule has 0 aromatic carbocycles. The van der Waals surface area contributed by atoms with E-state index in [4.69, 9.17) is 14.2 Å². The fourth-order valence-corrected chi connectivity index (χ4v) is 9.97. The summed E-state index contributed by atoms with van der Waals surface area (Å²) in [5, 5.41) is 0. The molecule has 73 heavy (non-hydrogen) atoms. The topological polar surface area (TPSA) is 78.9 Å². The summed E-state index contributed by atoms with van der Waals surface area (Å²) in [6.45, 7) is 6.64. The van der Waals surface area contributed by atoms with Crippen LogP contribution in [-0.4, -0.2) is 37.2 Å². The predicted molar refractivity (Wildman–Crippen MR) is 316 cm³/mol. The molecule has 0 bridgehead atoms. The van der Waals surface area contributed by atoms with Gasteiger partial charge < -0.3 is 14.2 Å². The van der Waals surface area contributed by atoms with E-state index >= 15 is 0 Å². The van der Waals surface area contributed by atoms with Gasteiger partial charge in [0.1, 0.15) is 13.2 Å². The molecule has 1 atom stereocenters. The van der Waals surface area contributed by atoms with Crippen molar-refractivity contribution < 1.29 is 28.6 Å². The normalized spacial score (nSPS) is 12.1. The van der Waals surface area contributed by atoms with Crippen LogP contribution in [0.3, 0.4) is 0 Å². The van der Waals surface area contributed by atoms with Crippen molar-refractivity contribution in [3.63, 3.8) is 0 Å². The van der Waals surface area contributed by atoms with Crippen molar-refractivity contribution >= 4 is 17.9 Å². The zero-order chi connectivity index (χ0) is 52.9. The van der Waals surface area contributed by atoms with Crippen molar-refractivity contribution in [2.24, 2.45) is 0 Å². The van der Waals surface area contributed by atoms with E-state index in [1.54, 1.807) is 0 Å². The molecule has 0 N–H and O–H groups in total. The lowest BCUT2D eigenvalue weighted by atomic mass is 10.0. The summed E-state index contributed by atoms with van der Waals surface area (Å²) in [6, 6.07) is 0. The van der Waals surface area contributed by atoms with E-state index in [1.165, 1.54) is 263 Å². The Morgan fingerprint density at radius 2 is 0.452 bits per heavy atom. The molecule has 0 rings (SSSR count). The van der Waals surface area contributed by atoms with Crippen LogP contribution < -0.4 is 0 Å². The lowest BCUT2D eigenvalue weighted by Crippen LogP contribution is -2.30. The molecule has 0 aliphatic rings. The average Bonchev–Trinajstić information content (AvgIpc) is 3.39. The van der Waals surface area contributed by atoms with E-state index in [1.807, 2.05) is 0 Å². The number of ether oxygens (including phenoxy) is 3. The highest BCUT2D eigenvalue weighted by Gasteiger charge is 2.19. The van der Waals surface area contributed by atoms with E-state index in [0.29, 0.717) is 19.3 Å². The van der Waals surface area contributed by atoms with Gasteiger partial charge in [-0.3, -0.25) is 14.4 Å². The highest BCUT2D eigenvalue weighted by atomic mass is 16.6. The molecule has 0 heterocycles. The van der Waals surface area contributed by atoms with Gasteiger partial charge in [0.05, 0.1) is 0 Å². The molecule has 6 heteroatoms. The predicted octanol–water partition coefficient (Wildman–Crippen LogP) is 22.2. The Bertz CT molecular complexity index is 1180. The highest BCUT2D eigenvalue weighted by Crippen LogP contribution is 2.18. The second kappa shape index (κ2) is 62.4. The van der Waals surface area contributed by atoms with Gasteiger partial charge >= 0.3 is 17.9 Å². The van der Waals surface area contributed by atoms with Gasteiger partial charge in [-0.2, -0.15) is 0 Å². The van der Waals surface area contributed by atoms with Crippen molar-refractivity contribution in [1.82, 2.24) is 0 Å². The summed E-state index contributed by atoms with van der Waals surface area (Å²) in [4.78, 5) is 38.0. The van der Waals surface area contributed by atoms with Crippen LogP contribution in [0, 0.1) is 0 Å². The van der Waals surface area contributed by atoms with Crippen molar-refractivity contribution in [2.45, 2.75) is 374 Å². The van der Waals surface area contributed by atoms with Gasteiger partial charge in [-0.15, -0.1) is 0 Å². The first-order chi connectivity index (χ1) is 36.0. The smallest absolute Gasteiger partial charge is 0.306 e. The molecular weight excluding hydrogens is 901 g/mol. The Morgan fingerprint density at radius 1 is 0.260 bits per heavy atom. The van der Waals surface area contributed by atoms with E-state index in [0.717, 1.165) is 64.2 Å². The second-order valence-electron chi connectivity index (χ2n) is 22.4. The van der Waals surface area contributed by atoms with E-state index in [-0.39, 0.29) is 31.1 Å². The van der Waals surface area contributed by atoms with Gasteiger partial charge in [-0.05, 0) is 70.6 Å². The minimum absolute atomic E-state index is 0.0695. The maximum atomic E-state index is 12.8. The monoisotopic (exact) mass is 1030 g/mol. The third-order valence-corrected chi connectivity index (χ3v) is 14.9. The zero-order valence-electron chi connectivity index (χ0n) is 49.4. The number of hydrogen-bond donors (Lipinski definition) is 0. The van der Waals surface area contributed by atoms with Crippen LogP contribution >= 0.6 is 0 Å². The van der Waals surface area contributed by atoms with E-state index in [9.17, 15) is 14.4 Å². The van der Waals surface area contributed by atoms with Crippen LogP contribution in [0.25, 0.3) is 0 Å². The Balaban J connectivity index is 3.93. The molecule has 6 nitrogen and oxygen atoms in total. The van der Waals surface area contributed by atoms with Crippen LogP contribution in [0.15, 0.2) is 24.3 Å². The summed E-state index contributed by atoms with van der Waals surface area (Å²) in [5.41, 5.74) is 0. The summed E-state index contributed by atoms with van der Waals surface area (Å²) >= 11 is 0. The molecule has 0 fully saturated rings. The molecule has 0 aliphatic heterocycles. The minimum atomic E-state index is -0.769. The number of esters is 3. The Hall–Kier alpha value is -2.11. The Labute approximate surface area is 455 Å². The van der Waals surface area contributed by atoms with Crippen molar-refractivity contribution in [2.75, 3.05) is 13.2 Å². The molecule has 0 radical (unpaired) electrons. The molecule has 0 aromatic rings. The molecule has 1 unspecified atom stereocenters. The second-order valence-corrected chi connectivity index (χ2v) is 22.4. The molecule has 0 aliphatic carbocycles. The van der Waals surface area contributed by atoms with Crippen LogP contribution in [-0.2, 0) is 28.6 Å². The number of carbonyl (C=O) groups excluding carboxylic acids is 3. The van der Waals surface area contributed by atoms with Gasteiger partial charge in [0.25, 0.3) is 0 Å². The molecule has 0 saturated heterocycles. The Morgan fingerprint density at radius 3 is 0.685 bits per heavy atom. The van der Waals surface area contributed by atoms with Crippen LogP contribution in [0.4, 0.5) is 0 Å². The SMILES string of the molecule is CCCCCCCC/C=C\CCCCCCCC(=O)OC(COC(=O)CCCCCCCCC)COC(=O)CCCCCCCCCCCCCCCCCCCCCCC/C=C\CCCCCCCCCC. The maximum absolute atomic E-state index is 12.8. The molecule has 430 valence electrons. The van der Waals surface area contributed by atoms with E-state index in [2.05, 4.69) is 45.1 Å². The van der Waals surface area contributed by atoms with Gasteiger partial charge in [0.2, 0.25) is 0 Å². The average molecular weight is 1030 g/mol. The first kappa shape index (κ1) is 70.9. The molecule has 0 aromatic heterocycles. The minimum Gasteiger partial charge on any atom is -0.462 e. The lowest BCUT2D eigenvalue weighted by molar-refractivity contribution is -0.167. The first-order valence-corrected chi connectivity index (χ1v) is 32.8. The van der Waals surface area contributed by atoms with Gasteiger partial charge in [0, 0.05) is 19.3 Å². The first-order valence-electron chi connectivity index (χ1n) is 32.8.